The maximum Gasteiger partial charge on any atom is 0.308 e. The van der Waals surface area contributed by atoms with E-state index in [0.29, 0.717) is 12.3 Å². The van der Waals surface area contributed by atoms with Gasteiger partial charge < -0.3 is 16.2 Å². The van der Waals surface area contributed by atoms with Gasteiger partial charge in [0.15, 0.2) is 0 Å². The third-order valence-electron chi connectivity index (χ3n) is 2.39. The van der Waals surface area contributed by atoms with Gasteiger partial charge in [0.2, 0.25) is 5.91 Å². The lowest BCUT2D eigenvalue weighted by Gasteiger charge is -2.13. The molecule has 0 saturated carbocycles. The first-order valence-electron chi connectivity index (χ1n) is 4.75. The average molecular weight is 231 g/mol. The van der Waals surface area contributed by atoms with Crippen molar-refractivity contribution in [1.29, 1.82) is 0 Å². The molecule has 1 aliphatic rings. The highest BCUT2D eigenvalue weighted by molar-refractivity contribution is 7.99. The summed E-state index contributed by atoms with van der Waals surface area (Å²) in [6.07, 6.45) is 1.41. The molecule has 5 nitrogen and oxygen atoms in total. The van der Waals surface area contributed by atoms with E-state index < -0.39 is 11.9 Å². The van der Waals surface area contributed by atoms with Crippen molar-refractivity contribution in [3.63, 3.8) is 0 Å². The third-order valence-corrected chi connectivity index (χ3v) is 3.46. The van der Waals surface area contributed by atoms with Gasteiger partial charge in [-0.1, -0.05) is 0 Å². The van der Waals surface area contributed by atoms with E-state index in [0.717, 1.165) is 12.3 Å². The normalized spacial score (nSPS) is 25.3. The van der Waals surface area contributed by atoms with Crippen molar-refractivity contribution in [2.24, 2.45) is 17.6 Å². The van der Waals surface area contributed by atoms with Crippen molar-refractivity contribution in [2.75, 3.05) is 24.6 Å². The molecule has 0 bridgehead atoms. The topological polar surface area (TPSA) is 92.4 Å². The van der Waals surface area contributed by atoms with Crippen LogP contribution in [0.2, 0.25) is 0 Å². The molecule has 15 heavy (non-hydrogen) atoms. The molecule has 0 aromatic carbocycles. The van der Waals surface area contributed by atoms with Crippen LogP contribution in [0.25, 0.3) is 0 Å². The molecule has 0 aromatic rings. The monoisotopic (exact) mass is 231 g/mol. The fraction of sp³-hybridized carbons (Fsp3) is 0.667. The Balaban J connectivity index is 2.20. The Bertz CT molecular complexity index is 248. The number of hydrogen-bond acceptors (Lipinski definition) is 4. The zero-order valence-corrected chi connectivity index (χ0v) is 9.13. The number of aliphatic carboxylic acids is 1. The molecule has 1 aliphatic heterocycles. The Kier molecular flexibility index (Phi) is 4.90. The van der Waals surface area contributed by atoms with Crippen molar-refractivity contribution < 1.29 is 14.7 Å². The summed E-state index contributed by atoms with van der Waals surface area (Å²) in [4.78, 5) is 21.2. The van der Waals surface area contributed by atoms with Gasteiger partial charge in [-0.2, -0.15) is 11.8 Å². The zero-order chi connectivity index (χ0) is 11.3. The smallest absolute Gasteiger partial charge is 0.308 e. The maximum absolute atomic E-state index is 10.8. The number of thioether (sulfide) groups is 1. The molecule has 1 saturated heterocycles. The van der Waals surface area contributed by atoms with Gasteiger partial charge in [-0.05, 0) is 18.2 Å². The van der Waals surface area contributed by atoms with E-state index in [4.69, 9.17) is 10.8 Å². The number of primary amides is 1. The number of nitrogens with two attached hydrogens (primary N) is 1. The van der Waals surface area contributed by atoms with Crippen molar-refractivity contribution >= 4 is 23.6 Å². The van der Waals surface area contributed by atoms with E-state index in [9.17, 15) is 9.59 Å². The zero-order valence-electron chi connectivity index (χ0n) is 8.31. The molecule has 1 heterocycles. The number of carbonyl (C=O) groups is 2. The van der Waals surface area contributed by atoms with Gasteiger partial charge in [-0.3, -0.25) is 9.59 Å². The molecule has 2 atom stereocenters. The third kappa shape index (κ3) is 4.09. The highest BCUT2D eigenvalue weighted by Gasteiger charge is 2.32. The highest BCUT2D eigenvalue weighted by Crippen LogP contribution is 2.21. The van der Waals surface area contributed by atoms with Gasteiger partial charge in [0.05, 0.1) is 12.3 Å². The SMILES string of the molecule is NC(=O)[CH]CSCC1CNCC1C(=O)O. The molecule has 6 heteroatoms. The van der Waals surface area contributed by atoms with E-state index in [-0.39, 0.29) is 11.8 Å². The summed E-state index contributed by atoms with van der Waals surface area (Å²) < 4.78 is 0. The fourth-order valence-corrected chi connectivity index (χ4v) is 2.63. The van der Waals surface area contributed by atoms with Crippen molar-refractivity contribution in [3.8, 4) is 0 Å². The number of carboxylic acids is 1. The Morgan fingerprint density at radius 3 is 2.87 bits per heavy atom. The predicted molar refractivity (Wildman–Crippen MR) is 58.3 cm³/mol. The minimum Gasteiger partial charge on any atom is -0.481 e. The second kappa shape index (κ2) is 5.97. The Morgan fingerprint density at radius 1 is 1.53 bits per heavy atom. The number of carbonyl (C=O) groups excluding carboxylic acids is 1. The number of amides is 1. The number of carboxylic acid groups (broad SMARTS) is 1. The second-order valence-corrected chi connectivity index (χ2v) is 4.58. The van der Waals surface area contributed by atoms with Crippen LogP contribution in [0.15, 0.2) is 0 Å². The van der Waals surface area contributed by atoms with Crippen LogP contribution >= 0.6 is 11.8 Å². The first-order chi connectivity index (χ1) is 7.11. The molecule has 2 unspecified atom stereocenters. The van der Waals surface area contributed by atoms with Crippen LogP contribution in [0.5, 0.6) is 0 Å². The standard InChI is InChI=1S/C9H15N2O3S/c10-8(12)1-2-15-5-6-3-11-4-7(6)9(13)14/h1,6-7,11H,2-5H2,(H2,10,12)(H,13,14). The van der Waals surface area contributed by atoms with Gasteiger partial charge in [-0.25, -0.2) is 0 Å². The lowest BCUT2D eigenvalue weighted by atomic mass is 9.98. The molecule has 0 spiro atoms. The van der Waals surface area contributed by atoms with Crippen LogP contribution in [-0.4, -0.2) is 41.6 Å². The Morgan fingerprint density at radius 2 is 2.27 bits per heavy atom. The molecule has 0 aromatic heterocycles. The second-order valence-electron chi connectivity index (χ2n) is 3.51. The van der Waals surface area contributed by atoms with Crippen LogP contribution in [0.3, 0.4) is 0 Å². The summed E-state index contributed by atoms with van der Waals surface area (Å²) in [5, 5.41) is 12.0. The highest BCUT2D eigenvalue weighted by atomic mass is 32.2. The molecule has 1 rings (SSSR count). The molecule has 1 amide bonds. The largest absolute Gasteiger partial charge is 0.481 e. The van der Waals surface area contributed by atoms with Gasteiger partial charge in [0.25, 0.3) is 0 Å². The minimum atomic E-state index is -0.746. The minimum absolute atomic E-state index is 0.147. The molecule has 85 valence electrons. The van der Waals surface area contributed by atoms with E-state index in [2.05, 4.69) is 5.32 Å². The number of rotatable bonds is 6. The predicted octanol–water partition coefficient (Wildman–Crippen LogP) is -0.671. The lowest BCUT2D eigenvalue weighted by molar-refractivity contribution is -0.142. The molecule has 4 N–H and O–H groups in total. The van der Waals surface area contributed by atoms with Crippen LogP contribution in [-0.2, 0) is 9.59 Å². The maximum atomic E-state index is 10.8. The summed E-state index contributed by atoms with van der Waals surface area (Å²) in [5.74, 6) is -0.0301. The number of hydrogen-bond donors (Lipinski definition) is 3. The molecule has 0 aliphatic carbocycles. The lowest BCUT2D eigenvalue weighted by Crippen LogP contribution is -2.24. The first-order valence-corrected chi connectivity index (χ1v) is 5.90. The van der Waals surface area contributed by atoms with Gasteiger partial charge in [0.1, 0.15) is 0 Å². The van der Waals surface area contributed by atoms with E-state index in [1.54, 1.807) is 11.8 Å². The van der Waals surface area contributed by atoms with Gasteiger partial charge in [-0.15, -0.1) is 0 Å². The fourth-order valence-electron chi connectivity index (χ4n) is 1.56. The van der Waals surface area contributed by atoms with E-state index >= 15 is 0 Å². The van der Waals surface area contributed by atoms with Gasteiger partial charge in [0, 0.05) is 12.3 Å². The summed E-state index contributed by atoms with van der Waals surface area (Å²) >= 11 is 1.54. The summed E-state index contributed by atoms with van der Waals surface area (Å²) in [6, 6.07) is 0. The van der Waals surface area contributed by atoms with Crippen molar-refractivity contribution in [3.05, 3.63) is 6.42 Å². The molecule has 1 radical (unpaired) electrons. The summed E-state index contributed by atoms with van der Waals surface area (Å²) in [7, 11) is 0. The molecular weight excluding hydrogens is 216 g/mol. The first kappa shape index (κ1) is 12.3. The average Bonchev–Trinajstić information content (AvgIpc) is 2.60. The Labute approximate surface area is 92.8 Å². The summed E-state index contributed by atoms with van der Waals surface area (Å²) in [6.45, 7) is 1.28. The molecule has 1 fully saturated rings. The summed E-state index contributed by atoms with van der Waals surface area (Å²) in [5.41, 5.74) is 4.95. The Hall–Kier alpha value is -0.750. The van der Waals surface area contributed by atoms with E-state index in [1.165, 1.54) is 6.42 Å². The van der Waals surface area contributed by atoms with Crippen LogP contribution < -0.4 is 11.1 Å². The van der Waals surface area contributed by atoms with Crippen LogP contribution in [0.4, 0.5) is 0 Å². The van der Waals surface area contributed by atoms with Crippen LogP contribution in [0.1, 0.15) is 0 Å². The van der Waals surface area contributed by atoms with Gasteiger partial charge >= 0.3 is 5.97 Å². The number of nitrogens with one attached hydrogen (secondary N) is 1. The van der Waals surface area contributed by atoms with Crippen molar-refractivity contribution in [2.45, 2.75) is 0 Å². The van der Waals surface area contributed by atoms with Crippen LogP contribution in [0, 0.1) is 18.3 Å². The molecular formula is C9H15N2O3S. The van der Waals surface area contributed by atoms with Crippen molar-refractivity contribution in [1.82, 2.24) is 5.32 Å². The van der Waals surface area contributed by atoms with E-state index in [1.807, 2.05) is 0 Å². The quantitative estimate of drug-likeness (QED) is 0.527.